The van der Waals surface area contributed by atoms with E-state index in [1.807, 2.05) is 0 Å². The largest absolute Gasteiger partial charge is 0.462 e. The highest BCUT2D eigenvalue weighted by Crippen LogP contribution is 2.17. The molecule has 0 N–H and O–H groups in total. The Labute approximate surface area is 489 Å². The lowest BCUT2D eigenvalue weighted by Crippen LogP contribution is -2.30. The average molecular weight is 1100 g/mol. The third-order valence-corrected chi connectivity index (χ3v) is 14.6. The second-order valence-electron chi connectivity index (χ2n) is 22.4. The van der Waals surface area contributed by atoms with Gasteiger partial charge in [-0.3, -0.25) is 14.4 Å². The van der Waals surface area contributed by atoms with E-state index in [2.05, 4.69) is 118 Å². The lowest BCUT2D eigenvalue weighted by molar-refractivity contribution is -0.167. The van der Waals surface area contributed by atoms with Crippen LogP contribution >= 0.6 is 0 Å². The molecule has 0 aliphatic rings. The smallest absolute Gasteiger partial charge is 0.306 e. The molecule has 0 heterocycles. The van der Waals surface area contributed by atoms with E-state index in [4.69, 9.17) is 14.2 Å². The van der Waals surface area contributed by atoms with Crippen LogP contribution in [-0.2, 0) is 28.6 Å². The molecule has 0 spiro atoms. The number of unbranched alkanes of at least 4 members (excludes halogenated alkanes) is 34. The van der Waals surface area contributed by atoms with Crippen molar-refractivity contribution < 1.29 is 28.6 Å². The van der Waals surface area contributed by atoms with Crippen molar-refractivity contribution in [2.75, 3.05) is 13.2 Å². The zero-order chi connectivity index (χ0) is 57.1. The standard InChI is InChI=1S/C73H126O6/c1-4-7-10-13-16-19-21-23-25-27-29-31-33-34-35-36-37-38-40-41-43-45-47-49-51-54-57-60-63-66-72(75)78-69-70(68-77-71(74)65-62-59-56-53-18-15-12-9-6-3)79-73(76)67-64-61-58-55-52-50-48-46-44-42-39-32-30-28-26-24-22-20-17-14-11-8-5-2/h7,10,16,19,23,25,28-31,34-35,37-38,41,43,70H,4-6,8-9,11-15,17-18,20-22,24,26-27,32-33,36,39-40,42,44-69H2,1-3H3/b10-7-,19-16-,25-23-,30-28-,31-29-,35-34-,38-37-,43-41-. The minimum Gasteiger partial charge on any atom is -0.462 e. The van der Waals surface area contributed by atoms with Gasteiger partial charge in [-0.25, -0.2) is 0 Å². The fourth-order valence-corrected chi connectivity index (χ4v) is 9.54. The van der Waals surface area contributed by atoms with Crippen molar-refractivity contribution in [2.45, 2.75) is 335 Å². The van der Waals surface area contributed by atoms with Crippen molar-refractivity contribution in [1.29, 1.82) is 0 Å². The maximum absolute atomic E-state index is 12.9. The number of carbonyl (C=O) groups excluding carboxylic acids is 3. The summed E-state index contributed by atoms with van der Waals surface area (Å²) < 4.78 is 16.9. The summed E-state index contributed by atoms with van der Waals surface area (Å²) in [6.07, 6.45) is 90.0. The van der Waals surface area contributed by atoms with Crippen molar-refractivity contribution in [2.24, 2.45) is 0 Å². The molecular weight excluding hydrogens is 973 g/mol. The minimum atomic E-state index is -0.781. The Kier molecular flexibility index (Phi) is 63.7. The molecule has 6 heteroatoms. The van der Waals surface area contributed by atoms with Crippen LogP contribution in [0.3, 0.4) is 0 Å². The first-order valence-corrected chi connectivity index (χ1v) is 33.7. The molecule has 454 valence electrons. The topological polar surface area (TPSA) is 78.9 Å². The minimum absolute atomic E-state index is 0.0784. The number of hydrogen-bond acceptors (Lipinski definition) is 6. The van der Waals surface area contributed by atoms with Gasteiger partial charge in [0.15, 0.2) is 6.10 Å². The van der Waals surface area contributed by atoms with Crippen LogP contribution in [0.5, 0.6) is 0 Å². The molecule has 0 aromatic heterocycles. The second kappa shape index (κ2) is 66.8. The summed E-state index contributed by atoms with van der Waals surface area (Å²) in [5, 5.41) is 0. The Balaban J connectivity index is 4.22. The SMILES string of the molecule is CC/C=C\C/C=C\C/C=C\C/C=C\C/C=C\C/C=C\C/C=C\CCCCCCCCCC(=O)OCC(COC(=O)CCCCCCCCCCC)OC(=O)CCCCCCCCCCCCC/C=C\CCCCCCCCCC. The number of rotatable bonds is 61. The number of ether oxygens (including phenoxy) is 3. The van der Waals surface area contributed by atoms with Crippen molar-refractivity contribution >= 4 is 17.9 Å². The first-order valence-electron chi connectivity index (χ1n) is 33.7. The first kappa shape index (κ1) is 75.3. The highest BCUT2D eigenvalue weighted by Gasteiger charge is 2.19. The van der Waals surface area contributed by atoms with E-state index >= 15 is 0 Å². The van der Waals surface area contributed by atoms with Crippen LogP contribution in [0.2, 0.25) is 0 Å². The summed E-state index contributed by atoms with van der Waals surface area (Å²) in [5.74, 6) is -0.882. The molecule has 1 atom stereocenters. The zero-order valence-corrected chi connectivity index (χ0v) is 52.1. The number of esters is 3. The van der Waals surface area contributed by atoms with Gasteiger partial charge in [0, 0.05) is 19.3 Å². The predicted octanol–water partition coefficient (Wildman–Crippen LogP) is 23.2. The molecule has 79 heavy (non-hydrogen) atoms. The van der Waals surface area contributed by atoms with Gasteiger partial charge in [0.05, 0.1) is 0 Å². The maximum atomic E-state index is 12.9. The fraction of sp³-hybridized carbons (Fsp3) is 0.740. The molecule has 0 amide bonds. The molecule has 0 aliphatic carbocycles. The monoisotopic (exact) mass is 1100 g/mol. The lowest BCUT2D eigenvalue weighted by Gasteiger charge is -2.18. The van der Waals surface area contributed by atoms with Crippen LogP contribution in [0, 0.1) is 0 Å². The molecule has 0 aliphatic heterocycles. The fourth-order valence-electron chi connectivity index (χ4n) is 9.54. The Morgan fingerprint density at radius 1 is 0.266 bits per heavy atom. The van der Waals surface area contributed by atoms with E-state index in [9.17, 15) is 14.4 Å². The van der Waals surface area contributed by atoms with Crippen molar-refractivity contribution in [1.82, 2.24) is 0 Å². The molecule has 0 radical (unpaired) electrons. The Bertz CT molecular complexity index is 1540. The normalized spacial score (nSPS) is 12.7. The summed E-state index contributed by atoms with van der Waals surface area (Å²) in [7, 11) is 0. The van der Waals surface area contributed by atoms with Crippen molar-refractivity contribution in [3.05, 3.63) is 97.2 Å². The van der Waals surface area contributed by atoms with Crippen LogP contribution in [0.4, 0.5) is 0 Å². The van der Waals surface area contributed by atoms with Gasteiger partial charge in [0.25, 0.3) is 0 Å². The third kappa shape index (κ3) is 65.0. The van der Waals surface area contributed by atoms with Crippen LogP contribution in [0.25, 0.3) is 0 Å². The highest BCUT2D eigenvalue weighted by molar-refractivity contribution is 5.71. The molecule has 6 nitrogen and oxygen atoms in total. The van der Waals surface area contributed by atoms with E-state index < -0.39 is 6.10 Å². The van der Waals surface area contributed by atoms with E-state index in [0.29, 0.717) is 19.3 Å². The highest BCUT2D eigenvalue weighted by atomic mass is 16.6. The van der Waals surface area contributed by atoms with Gasteiger partial charge in [-0.2, -0.15) is 0 Å². The van der Waals surface area contributed by atoms with Gasteiger partial charge in [0.2, 0.25) is 0 Å². The Morgan fingerprint density at radius 3 is 0.785 bits per heavy atom. The summed E-state index contributed by atoms with van der Waals surface area (Å²) in [6.45, 7) is 6.53. The van der Waals surface area contributed by atoms with Gasteiger partial charge >= 0.3 is 17.9 Å². The average Bonchev–Trinajstić information content (AvgIpc) is 3.45. The van der Waals surface area contributed by atoms with Crippen molar-refractivity contribution in [3.8, 4) is 0 Å². The number of hydrogen-bond donors (Lipinski definition) is 0. The Morgan fingerprint density at radius 2 is 0.494 bits per heavy atom. The summed E-state index contributed by atoms with van der Waals surface area (Å²) in [6, 6.07) is 0. The van der Waals surface area contributed by atoms with Crippen LogP contribution in [-0.4, -0.2) is 37.2 Å². The van der Waals surface area contributed by atoms with Gasteiger partial charge in [-0.05, 0) is 103 Å². The lowest BCUT2D eigenvalue weighted by atomic mass is 10.0. The molecule has 0 aromatic carbocycles. The van der Waals surface area contributed by atoms with Gasteiger partial charge in [-0.15, -0.1) is 0 Å². The number of carbonyl (C=O) groups is 3. The van der Waals surface area contributed by atoms with Gasteiger partial charge in [-0.1, -0.05) is 304 Å². The van der Waals surface area contributed by atoms with Crippen LogP contribution in [0.1, 0.15) is 329 Å². The van der Waals surface area contributed by atoms with Gasteiger partial charge < -0.3 is 14.2 Å². The molecule has 0 aromatic rings. The van der Waals surface area contributed by atoms with Crippen LogP contribution in [0.15, 0.2) is 97.2 Å². The predicted molar refractivity (Wildman–Crippen MR) is 344 cm³/mol. The molecule has 0 saturated heterocycles. The molecule has 0 saturated carbocycles. The van der Waals surface area contributed by atoms with Crippen LogP contribution < -0.4 is 0 Å². The van der Waals surface area contributed by atoms with E-state index in [1.54, 1.807) is 0 Å². The third-order valence-electron chi connectivity index (χ3n) is 14.6. The van der Waals surface area contributed by atoms with E-state index in [-0.39, 0.29) is 31.1 Å². The summed E-state index contributed by atoms with van der Waals surface area (Å²) >= 11 is 0. The maximum Gasteiger partial charge on any atom is 0.306 e. The molecule has 0 bridgehead atoms. The molecule has 0 fully saturated rings. The molecular formula is C73H126O6. The Hall–Kier alpha value is -3.67. The number of allylic oxidation sites excluding steroid dienone is 16. The van der Waals surface area contributed by atoms with Crippen molar-refractivity contribution in [3.63, 3.8) is 0 Å². The quantitative estimate of drug-likeness (QED) is 0.0261. The first-order chi connectivity index (χ1) is 39.0. The van der Waals surface area contributed by atoms with E-state index in [1.165, 1.54) is 180 Å². The summed E-state index contributed by atoms with van der Waals surface area (Å²) in [5.41, 5.74) is 0. The summed E-state index contributed by atoms with van der Waals surface area (Å²) in [4.78, 5) is 38.2. The zero-order valence-electron chi connectivity index (χ0n) is 52.1. The second-order valence-corrected chi connectivity index (χ2v) is 22.4. The van der Waals surface area contributed by atoms with E-state index in [0.717, 1.165) is 109 Å². The molecule has 1 unspecified atom stereocenters. The van der Waals surface area contributed by atoms with Gasteiger partial charge in [0.1, 0.15) is 13.2 Å². The molecule has 0 rings (SSSR count).